The third kappa shape index (κ3) is 3.04. The van der Waals surface area contributed by atoms with Crippen molar-refractivity contribution in [2.45, 2.75) is 46.1 Å². The second-order valence-corrected chi connectivity index (χ2v) is 6.93. The van der Waals surface area contributed by atoms with Gasteiger partial charge in [-0.1, -0.05) is 36.2 Å². The highest BCUT2D eigenvalue weighted by atomic mass is 35.5. The third-order valence-corrected chi connectivity index (χ3v) is 3.96. The molecule has 21 heavy (non-hydrogen) atoms. The maximum atomic E-state index is 6.37. The number of hydrogen-bond acceptors (Lipinski definition) is 2. The molecule has 1 heterocycles. The minimum absolute atomic E-state index is 0.145. The molecule has 0 amide bonds. The Hall–Kier alpha value is -1.19. The normalized spacial score (nSPS) is 11.9. The molecule has 0 aliphatic heterocycles. The third-order valence-electron chi connectivity index (χ3n) is 3.33. The molecule has 114 valence electrons. The average Bonchev–Trinajstić information content (AvgIpc) is 2.66. The number of hydrogen-bond donors (Lipinski definition) is 1. The van der Waals surface area contributed by atoms with Crippen LogP contribution in [0, 0.1) is 0 Å². The summed E-state index contributed by atoms with van der Waals surface area (Å²) in [6.45, 7) is 8.46. The molecule has 0 saturated carbocycles. The van der Waals surface area contributed by atoms with Gasteiger partial charge in [-0.2, -0.15) is 0 Å². The van der Waals surface area contributed by atoms with Crippen molar-refractivity contribution in [2.75, 3.05) is 5.73 Å². The fourth-order valence-corrected chi connectivity index (χ4v) is 3.11. The number of halogens is 2. The van der Waals surface area contributed by atoms with Gasteiger partial charge in [0.25, 0.3) is 0 Å². The van der Waals surface area contributed by atoms with Crippen LogP contribution in [0.4, 0.5) is 5.82 Å². The summed E-state index contributed by atoms with van der Waals surface area (Å²) in [6, 6.07) is 5.42. The highest BCUT2D eigenvalue weighted by Gasteiger charge is 2.25. The SMILES string of the molecule is CCCc1nc(-c2c(Cl)cccc2Cl)c(N)n1C(C)(C)C. The zero-order valence-electron chi connectivity index (χ0n) is 12.9. The zero-order valence-corrected chi connectivity index (χ0v) is 14.4. The molecule has 2 aromatic rings. The van der Waals surface area contributed by atoms with Crippen molar-refractivity contribution in [1.82, 2.24) is 9.55 Å². The monoisotopic (exact) mass is 325 g/mol. The topological polar surface area (TPSA) is 43.8 Å². The average molecular weight is 326 g/mol. The van der Waals surface area contributed by atoms with Crippen LogP contribution in [0.25, 0.3) is 11.3 Å². The van der Waals surface area contributed by atoms with Crippen LogP contribution in [0.15, 0.2) is 18.2 Å². The summed E-state index contributed by atoms with van der Waals surface area (Å²) in [5.41, 5.74) is 7.61. The Kier molecular flexibility index (Phi) is 4.54. The number of nitrogens with two attached hydrogens (primary N) is 1. The molecular weight excluding hydrogens is 305 g/mol. The van der Waals surface area contributed by atoms with Gasteiger partial charge in [-0.3, -0.25) is 0 Å². The quantitative estimate of drug-likeness (QED) is 0.848. The van der Waals surface area contributed by atoms with Crippen molar-refractivity contribution in [3.8, 4) is 11.3 Å². The fourth-order valence-electron chi connectivity index (χ4n) is 2.53. The van der Waals surface area contributed by atoms with E-state index >= 15 is 0 Å². The van der Waals surface area contributed by atoms with Crippen LogP contribution in [0.3, 0.4) is 0 Å². The summed E-state index contributed by atoms with van der Waals surface area (Å²) in [5.74, 6) is 1.58. The second kappa shape index (κ2) is 5.90. The maximum Gasteiger partial charge on any atom is 0.132 e. The van der Waals surface area contributed by atoms with E-state index in [1.807, 2.05) is 6.07 Å². The Morgan fingerprint density at radius 3 is 2.24 bits per heavy atom. The molecular formula is C16H21Cl2N3. The molecule has 1 aromatic heterocycles. The lowest BCUT2D eigenvalue weighted by atomic mass is 10.1. The van der Waals surface area contributed by atoms with Gasteiger partial charge in [0.2, 0.25) is 0 Å². The van der Waals surface area contributed by atoms with E-state index in [0.29, 0.717) is 27.1 Å². The van der Waals surface area contributed by atoms with Crippen molar-refractivity contribution in [3.63, 3.8) is 0 Å². The van der Waals surface area contributed by atoms with Crippen LogP contribution in [-0.4, -0.2) is 9.55 Å². The Morgan fingerprint density at radius 1 is 1.19 bits per heavy atom. The molecule has 2 N–H and O–H groups in total. The van der Waals surface area contributed by atoms with E-state index in [4.69, 9.17) is 33.9 Å². The lowest BCUT2D eigenvalue weighted by molar-refractivity contribution is 0.387. The Balaban J connectivity index is 2.72. The summed E-state index contributed by atoms with van der Waals surface area (Å²) in [7, 11) is 0. The first-order chi connectivity index (χ1) is 9.77. The number of aryl methyl sites for hydroxylation is 1. The van der Waals surface area contributed by atoms with Crippen LogP contribution >= 0.6 is 23.2 Å². The first kappa shape index (κ1) is 16.2. The molecule has 0 unspecified atom stereocenters. The van der Waals surface area contributed by atoms with Crippen molar-refractivity contribution in [1.29, 1.82) is 0 Å². The Bertz CT molecular complexity index is 634. The van der Waals surface area contributed by atoms with Gasteiger partial charge in [-0.15, -0.1) is 0 Å². The van der Waals surface area contributed by atoms with E-state index in [1.165, 1.54) is 0 Å². The summed E-state index contributed by atoms with van der Waals surface area (Å²) in [4.78, 5) is 4.73. The number of anilines is 1. The zero-order chi connectivity index (χ0) is 15.8. The van der Waals surface area contributed by atoms with Crippen LogP contribution < -0.4 is 5.73 Å². The van der Waals surface area contributed by atoms with Gasteiger partial charge in [-0.25, -0.2) is 4.98 Å². The number of benzene rings is 1. The first-order valence-electron chi connectivity index (χ1n) is 7.09. The van der Waals surface area contributed by atoms with E-state index in [2.05, 4.69) is 32.3 Å². The first-order valence-corrected chi connectivity index (χ1v) is 7.85. The standard InChI is InChI=1S/C16H21Cl2N3/c1-5-7-12-20-14(15(19)21(12)16(2,3)4)13-10(17)8-6-9-11(13)18/h6,8-9H,5,7,19H2,1-4H3. The van der Waals surface area contributed by atoms with Crippen molar-refractivity contribution >= 4 is 29.0 Å². The lowest BCUT2D eigenvalue weighted by Gasteiger charge is -2.25. The molecule has 0 bridgehead atoms. The van der Waals surface area contributed by atoms with Gasteiger partial charge in [0.1, 0.15) is 17.3 Å². The molecule has 2 rings (SSSR count). The van der Waals surface area contributed by atoms with E-state index in [1.54, 1.807) is 12.1 Å². The summed E-state index contributed by atoms with van der Waals surface area (Å²) >= 11 is 12.6. The highest BCUT2D eigenvalue weighted by molar-refractivity contribution is 6.39. The number of nitrogens with zero attached hydrogens (tertiary/aromatic N) is 2. The molecule has 0 fully saturated rings. The van der Waals surface area contributed by atoms with Gasteiger partial charge < -0.3 is 10.3 Å². The van der Waals surface area contributed by atoms with Gasteiger partial charge >= 0.3 is 0 Å². The second-order valence-electron chi connectivity index (χ2n) is 6.11. The van der Waals surface area contributed by atoms with Crippen LogP contribution in [-0.2, 0) is 12.0 Å². The van der Waals surface area contributed by atoms with Crippen molar-refractivity contribution < 1.29 is 0 Å². The van der Waals surface area contributed by atoms with Crippen LogP contribution in [0.5, 0.6) is 0 Å². The van der Waals surface area contributed by atoms with Crippen LogP contribution in [0.2, 0.25) is 10.0 Å². The number of rotatable bonds is 3. The summed E-state index contributed by atoms with van der Waals surface area (Å²) in [6.07, 6.45) is 1.87. The molecule has 0 spiro atoms. The number of nitrogen functional groups attached to an aromatic ring is 1. The van der Waals surface area contributed by atoms with E-state index in [0.717, 1.165) is 18.7 Å². The van der Waals surface area contributed by atoms with Crippen LogP contribution in [0.1, 0.15) is 39.9 Å². The van der Waals surface area contributed by atoms with Crippen molar-refractivity contribution in [2.24, 2.45) is 0 Å². The van der Waals surface area contributed by atoms with E-state index in [9.17, 15) is 0 Å². The van der Waals surface area contributed by atoms with Crippen molar-refractivity contribution in [3.05, 3.63) is 34.1 Å². The predicted molar refractivity (Wildman–Crippen MR) is 91.1 cm³/mol. The van der Waals surface area contributed by atoms with E-state index < -0.39 is 0 Å². The number of imidazole rings is 1. The van der Waals surface area contributed by atoms with E-state index in [-0.39, 0.29) is 5.54 Å². The minimum Gasteiger partial charge on any atom is -0.383 e. The molecule has 0 atom stereocenters. The highest BCUT2D eigenvalue weighted by Crippen LogP contribution is 2.39. The minimum atomic E-state index is -0.145. The predicted octanol–water partition coefficient (Wildman–Crippen LogP) is 5.15. The molecule has 0 saturated heterocycles. The van der Waals surface area contributed by atoms with Gasteiger partial charge in [-0.05, 0) is 39.3 Å². The molecule has 0 radical (unpaired) electrons. The van der Waals surface area contributed by atoms with Gasteiger partial charge in [0.15, 0.2) is 0 Å². The molecule has 5 heteroatoms. The fraction of sp³-hybridized carbons (Fsp3) is 0.438. The molecule has 3 nitrogen and oxygen atoms in total. The smallest absolute Gasteiger partial charge is 0.132 e. The summed E-state index contributed by atoms with van der Waals surface area (Å²) < 4.78 is 2.07. The summed E-state index contributed by atoms with van der Waals surface area (Å²) in [5, 5.41) is 1.13. The maximum absolute atomic E-state index is 6.37. The number of aromatic nitrogens is 2. The lowest BCUT2D eigenvalue weighted by Crippen LogP contribution is -2.25. The molecule has 0 aliphatic carbocycles. The Labute approximate surface area is 136 Å². The van der Waals surface area contributed by atoms with Gasteiger partial charge in [0, 0.05) is 17.5 Å². The largest absolute Gasteiger partial charge is 0.383 e. The Morgan fingerprint density at radius 2 is 1.76 bits per heavy atom. The van der Waals surface area contributed by atoms with Gasteiger partial charge in [0.05, 0.1) is 10.0 Å². The molecule has 0 aliphatic rings. The molecule has 1 aromatic carbocycles.